The van der Waals surface area contributed by atoms with E-state index in [-0.39, 0.29) is 5.91 Å². The van der Waals surface area contributed by atoms with Crippen molar-refractivity contribution >= 4 is 28.3 Å². The number of fused-ring (bicyclic) bond motifs is 1. The Balaban J connectivity index is 1.96. The van der Waals surface area contributed by atoms with Gasteiger partial charge in [-0.1, -0.05) is 35.9 Å². The summed E-state index contributed by atoms with van der Waals surface area (Å²) in [7, 11) is 1.75. The molecule has 0 saturated heterocycles. The molecule has 0 atom stereocenters. The van der Waals surface area contributed by atoms with Gasteiger partial charge in [-0.25, -0.2) is 4.98 Å². The van der Waals surface area contributed by atoms with Crippen LogP contribution in [0.15, 0.2) is 53.5 Å². The summed E-state index contributed by atoms with van der Waals surface area (Å²) < 4.78 is 5.02. The molecule has 1 amide bonds. The highest BCUT2D eigenvalue weighted by Gasteiger charge is 2.17. The monoisotopic (exact) mass is 300 g/mol. The highest BCUT2D eigenvalue weighted by molar-refractivity contribution is 6.34. The first-order valence-corrected chi connectivity index (χ1v) is 6.84. The van der Waals surface area contributed by atoms with Crippen molar-refractivity contribution in [2.24, 2.45) is 0 Å². The Kier molecular flexibility index (Phi) is 3.62. The third-order valence-corrected chi connectivity index (χ3v) is 3.62. The van der Waals surface area contributed by atoms with Gasteiger partial charge in [-0.05, 0) is 11.5 Å². The second-order valence-corrected chi connectivity index (χ2v) is 5.16. The Morgan fingerprint density at radius 3 is 2.76 bits per heavy atom. The number of nitrogens with zero attached hydrogens (tertiary/aromatic N) is 2. The lowest BCUT2D eigenvalue weighted by atomic mass is 10.1. The van der Waals surface area contributed by atoms with Gasteiger partial charge >= 0.3 is 0 Å². The van der Waals surface area contributed by atoms with Gasteiger partial charge in [0.05, 0.1) is 18.1 Å². The van der Waals surface area contributed by atoms with Gasteiger partial charge in [0.25, 0.3) is 5.91 Å². The van der Waals surface area contributed by atoms with E-state index in [0.29, 0.717) is 17.3 Å². The second-order valence-electron chi connectivity index (χ2n) is 4.80. The van der Waals surface area contributed by atoms with Crippen molar-refractivity contribution in [3.8, 4) is 0 Å². The van der Waals surface area contributed by atoms with Gasteiger partial charge in [0.2, 0.25) is 0 Å². The fourth-order valence-corrected chi connectivity index (χ4v) is 2.48. The van der Waals surface area contributed by atoms with Crippen LogP contribution in [0.2, 0.25) is 5.15 Å². The van der Waals surface area contributed by atoms with Crippen LogP contribution in [0.25, 0.3) is 10.8 Å². The molecule has 21 heavy (non-hydrogen) atoms. The minimum absolute atomic E-state index is 0.100. The number of aromatic nitrogens is 1. The summed E-state index contributed by atoms with van der Waals surface area (Å²) in [6, 6.07) is 9.33. The number of carbonyl (C=O) groups is 1. The zero-order valence-corrected chi connectivity index (χ0v) is 12.2. The van der Waals surface area contributed by atoms with Crippen LogP contribution in [0, 0.1) is 0 Å². The van der Waals surface area contributed by atoms with E-state index >= 15 is 0 Å². The summed E-state index contributed by atoms with van der Waals surface area (Å²) in [6.07, 6.45) is 4.74. The van der Waals surface area contributed by atoms with Gasteiger partial charge in [0, 0.05) is 30.7 Å². The fraction of sp³-hybridized carbons (Fsp3) is 0.125. The van der Waals surface area contributed by atoms with Crippen LogP contribution in [-0.4, -0.2) is 22.8 Å². The third kappa shape index (κ3) is 2.62. The molecule has 1 aromatic carbocycles. The largest absolute Gasteiger partial charge is 0.472 e. The molecule has 0 unspecified atom stereocenters. The Morgan fingerprint density at radius 1 is 1.29 bits per heavy atom. The van der Waals surface area contributed by atoms with Crippen molar-refractivity contribution in [1.82, 2.24) is 9.88 Å². The Labute approximate surface area is 127 Å². The minimum Gasteiger partial charge on any atom is -0.472 e. The zero-order chi connectivity index (χ0) is 14.8. The van der Waals surface area contributed by atoms with E-state index in [9.17, 15) is 4.79 Å². The van der Waals surface area contributed by atoms with E-state index in [0.717, 1.165) is 16.3 Å². The molecule has 0 N–H and O–H groups in total. The maximum Gasteiger partial charge on any atom is 0.256 e. The number of pyridine rings is 1. The predicted octanol–water partition coefficient (Wildman–Crippen LogP) is 3.75. The summed E-state index contributed by atoms with van der Waals surface area (Å²) >= 11 is 6.08. The van der Waals surface area contributed by atoms with Crippen LogP contribution in [0.1, 0.15) is 15.9 Å². The Bertz CT molecular complexity index is 784. The first-order chi connectivity index (χ1) is 10.2. The molecule has 106 valence electrons. The van der Waals surface area contributed by atoms with Crippen LogP contribution >= 0.6 is 11.6 Å². The molecule has 0 aliphatic rings. The number of halogens is 1. The van der Waals surface area contributed by atoms with E-state index in [2.05, 4.69) is 4.98 Å². The van der Waals surface area contributed by atoms with Crippen LogP contribution in [0.4, 0.5) is 0 Å². The number of amides is 1. The number of furan rings is 1. The topological polar surface area (TPSA) is 46.3 Å². The van der Waals surface area contributed by atoms with E-state index < -0.39 is 0 Å². The fourth-order valence-electron chi connectivity index (χ4n) is 2.26. The normalized spacial score (nSPS) is 10.8. The van der Waals surface area contributed by atoms with Crippen molar-refractivity contribution in [1.29, 1.82) is 0 Å². The summed E-state index contributed by atoms with van der Waals surface area (Å²) in [5.41, 5.74) is 1.48. The lowest BCUT2D eigenvalue weighted by Crippen LogP contribution is -2.26. The van der Waals surface area contributed by atoms with Crippen LogP contribution in [0.3, 0.4) is 0 Å². The maximum absolute atomic E-state index is 12.6. The van der Waals surface area contributed by atoms with Crippen molar-refractivity contribution in [2.75, 3.05) is 7.05 Å². The Morgan fingerprint density at radius 2 is 2.05 bits per heavy atom. The van der Waals surface area contributed by atoms with Gasteiger partial charge < -0.3 is 9.32 Å². The van der Waals surface area contributed by atoms with E-state index in [1.165, 1.54) is 6.20 Å². The standard InChI is InChI=1S/C16H13ClN2O2/c1-19(9-11-6-7-21-10-11)16(20)14-8-18-15(17)13-5-3-2-4-12(13)14/h2-8,10H,9H2,1H3. The molecule has 0 aliphatic carbocycles. The zero-order valence-electron chi connectivity index (χ0n) is 11.4. The molecule has 0 radical (unpaired) electrons. The molecular formula is C16H13ClN2O2. The molecule has 0 bridgehead atoms. The predicted molar refractivity (Wildman–Crippen MR) is 81.3 cm³/mol. The molecule has 0 spiro atoms. The molecule has 0 saturated carbocycles. The number of hydrogen-bond acceptors (Lipinski definition) is 3. The van der Waals surface area contributed by atoms with E-state index in [1.54, 1.807) is 24.5 Å². The summed E-state index contributed by atoms with van der Waals surface area (Å²) in [6.45, 7) is 0.478. The highest BCUT2D eigenvalue weighted by atomic mass is 35.5. The molecular weight excluding hydrogens is 288 g/mol. The number of carbonyl (C=O) groups excluding carboxylic acids is 1. The van der Waals surface area contributed by atoms with Crippen LogP contribution < -0.4 is 0 Å². The summed E-state index contributed by atoms with van der Waals surface area (Å²) in [5, 5.41) is 1.99. The molecule has 0 fully saturated rings. The molecule has 5 heteroatoms. The van der Waals surface area contributed by atoms with Crippen LogP contribution in [0.5, 0.6) is 0 Å². The highest BCUT2D eigenvalue weighted by Crippen LogP contribution is 2.25. The third-order valence-electron chi connectivity index (χ3n) is 3.32. The lowest BCUT2D eigenvalue weighted by molar-refractivity contribution is 0.0786. The SMILES string of the molecule is CN(Cc1ccoc1)C(=O)c1cnc(Cl)c2ccccc12. The summed E-state index contributed by atoms with van der Waals surface area (Å²) in [4.78, 5) is 18.3. The maximum atomic E-state index is 12.6. The number of benzene rings is 1. The van der Waals surface area contributed by atoms with Gasteiger partial charge in [0.1, 0.15) is 5.15 Å². The lowest BCUT2D eigenvalue weighted by Gasteiger charge is -2.17. The van der Waals surface area contributed by atoms with E-state index in [1.807, 2.05) is 30.3 Å². The van der Waals surface area contributed by atoms with Gasteiger partial charge in [-0.3, -0.25) is 4.79 Å². The molecule has 0 aliphatic heterocycles. The number of hydrogen-bond donors (Lipinski definition) is 0. The van der Waals surface area contributed by atoms with Crippen molar-refractivity contribution < 1.29 is 9.21 Å². The van der Waals surface area contributed by atoms with Crippen LogP contribution in [-0.2, 0) is 6.54 Å². The van der Waals surface area contributed by atoms with Crippen molar-refractivity contribution in [2.45, 2.75) is 6.54 Å². The van der Waals surface area contributed by atoms with Gasteiger partial charge in [-0.2, -0.15) is 0 Å². The van der Waals surface area contributed by atoms with Gasteiger partial charge in [-0.15, -0.1) is 0 Å². The quantitative estimate of drug-likeness (QED) is 0.692. The van der Waals surface area contributed by atoms with E-state index in [4.69, 9.17) is 16.0 Å². The smallest absolute Gasteiger partial charge is 0.256 e. The van der Waals surface area contributed by atoms with Crippen molar-refractivity contribution in [3.05, 3.63) is 65.3 Å². The van der Waals surface area contributed by atoms with Gasteiger partial charge in [0.15, 0.2) is 0 Å². The second kappa shape index (κ2) is 5.58. The molecule has 3 aromatic rings. The average molecular weight is 301 g/mol. The average Bonchev–Trinajstić information content (AvgIpc) is 3.00. The molecule has 2 heterocycles. The first kappa shape index (κ1) is 13.6. The molecule has 3 rings (SSSR count). The molecule has 4 nitrogen and oxygen atoms in total. The van der Waals surface area contributed by atoms with Crippen molar-refractivity contribution in [3.63, 3.8) is 0 Å². The first-order valence-electron chi connectivity index (χ1n) is 6.46. The minimum atomic E-state index is -0.100. The number of rotatable bonds is 3. The summed E-state index contributed by atoms with van der Waals surface area (Å²) in [5.74, 6) is -0.100. The Hall–Kier alpha value is -2.33. The molecule has 2 aromatic heterocycles.